The number of carbonyl (C=O) groups excluding carboxylic acids is 1. The van der Waals surface area contributed by atoms with Gasteiger partial charge in [-0.25, -0.2) is 12.8 Å². The second kappa shape index (κ2) is 7.34. The molecule has 0 saturated heterocycles. The number of aromatic nitrogens is 1. The molecule has 0 radical (unpaired) electrons. The van der Waals surface area contributed by atoms with Gasteiger partial charge in [-0.05, 0) is 17.7 Å². The van der Waals surface area contributed by atoms with E-state index in [-0.39, 0.29) is 35.7 Å². The molecule has 1 aromatic carbocycles. The number of carbonyl (C=O) groups is 1. The Morgan fingerprint density at radius 2 is 1.96 bits per heavy atom. The smallest absolute Gasteiger partial charge is 0.259 e. The number of benzene rings is 1. The van der Waals surface area contributed by atoms with E-state index in [0.717, 1.165) is 27.9 Å². The van der Waals surface area contributed by atoms with Crippen LogP contribution in [0.1, 0.15) is 15.9 Å². The van der Waals surface area contributed by atoms with Crippen LogP contribution in [0.15, 0.2) is 29.3 Å². The molecule has 1 aromatic heterocycles. The van der Waals surface area contributed by atoms with Gasteiger partial charge in [0.1, 0.15) is 11.4 Å². The first kappa shape index (κ1) is 19.7. The molecule has 1 heterocycles. The van der Waals surface area contributed by atoms with E-state index in [1.54, 1.807) is 0 Å². The van der Waals surface area contributed by atoms with Crippen LogP contribution < -0.4 is 0 Å². The van der Waals surface area contributed by atoms with Crippen molar-refractivity contribution in [3.8, 4) is 11.6 Å². The second-order valence-electron chi connectivity index (χ2n) is 5.82. The van der Waals surface area contributed by atoms with Crippen LogP contribution in [0, 0.1) is 5.82 Å². The van der Waals surface area contributed by atoms with E-state index in [1.807, 2.05) is 0 Å². The van der Waals surface area contributed by atoms with Crippen molar-refractivity contribution >= 4 is 15.7 Å². The first-order valence-corrected chi connectivity index (χ1v) is 9.41. The summed E-state index contributed by atoms with van der Waals surface area (Å²) in [6.07, 6.45) is 2.12. The summed E-state index contributed by atoms with van der Waals surface area (Å²) in [4.78, 5) is 13.4. The van der Waals surface area contributed by atoms with E-state index in [4.69, 9.17) is 5.11 Å². The van der Waals surface area contributed by atoms with Gasteiger partial charge in [0.25, 0.3) is 5.91 Å². The van der Waals surface area contributed by atoms with Gasteiger partial charge in [0, 0.05) is 32.6 Å². The topological polar surface area (TPSA) is 120 Å². The lowest BCUT2D eigenvalue weighted by Gasteiger charge is -2.18. The number of sulfone groups is 1. The Morgan fingerprint density at radius 1 is 1.31 bits per heavy atom. The van der Waals surface area contributed by atoms with E-state index in [1.165, 1.54) is 19.3 Å². The third-order valence-electron chi connectivity index (χ3n) is 3.78. The Hall–Kier alpha value is -2.59. The predicted molar refractivity (Wildman–Crippen MR) is 90.2 cm³/mol. The Balaban J connectivity index is 2.33. The van der Waals surface area contributed by atoms with Crippen molar-refractivity contribution in [1.29, 1.82) is 0 Å². The Bertz CT molecular complexity index is 938. The van der Waals surface area contributed by atoms with Crippen molar-refractivity contribution in [2.24, 2.45) is 0 Å². The lowest BCUT2D eigenvalue weighted by Crippen LogP contribution is -2.27. The molecule has 2 aromatic rings. The average Bonchev–Trinajstić information content (AvgIpc) is 2.83. The lowest BCUT2D eigenvalue weighted by atomic mass is 10.2. The van der Waals surface area contributed by atoms with E-state index in [9.17, 15) is 27.8 Å². The summed E-state index contributed by atoms with van der Waals surface area (Å²) >= 11 is 0. The van der Waals surface area contributed by atoms with E-state index in [0.29, 0.717) is 0 Å². The van der Waals surface area contributed by atoms with Gasteiger partial charge in [-0.3, -0.25) is 4.79 Å². The number of nitrogens with zero attached hydrogens (tertiary/aromatic N) is 2. The zero-order valence-corrected chi connectivity index (χ0v) is 15.0. The highest BCUT2D eigenvalue weighted by atomic mass is 32.2. The van der Waals surface area contributed by atoms with Gasteiger partial charge in [-0.1, -0.05) is 6.07 Å². The molecule has 0 atom stereocenters. The fourth-order valence-corrected chi connectivity index (χ4v) is 3.44. The number of aromatic hydroxyl groups is 2. The fourth-order valence-electron chi connectivity index (χ4n) is 2.51. The number of aliphatic hydroxyl groups is 1. The summed E-state index contributed by atoms with van der Waals surface area (Å²) in [5, 5.41) is 28.6. The Morgan fingerprint density at radius 3 is 2.54 bits per heavy atom. The first-order chi connectivity index (χ1) is 12.1. The van der Waals surface area contributed by atoms with Gasteiger partial charge in [0.05, 0.1) is 11.5 Å². The molecule has 0 fully saturated rings. The molecule has 26 heavy (non-hydrogen) atoms. The predicted octanol–water partition coefficient (Wildman–Crippen LogP) is 0.706. The van der Waals surface area contributed by atoms with E-state index < -0.39 is 33.2 Å². The number of amides is 1. The van der Waals surface area contributed by atoms with Crippen LogP contribution in [0.2, 0.25) is 0 Å². The molecule has 2 rings (SSSR count). The average molecular weight is 386 g/mol. The second-order valence-corrected chi connectivity index (χ2v) is 7.80. The van der Waals surface area contributed by atoms with Crippen LogP contribution in [-0.4, -0.2) is 59.0 Å². The molecule has 0 aliphatic carbocycles. The summed E-state index contributed by atoms with van der Waals surface area (Å²) in [5.74, 6) is -2.60. The summed E-state index contributed by atoms with van der Waals surface area (Å²) < 4.78 is 38.2. The summed E-state index contributed by atoms with van der Waals surface area (Å²) in [6.45, 7) is -0.488. The normalized spacial score (nSPS) is 11.5. The van der Waals surface area contributed by atoms with Gasteiger partial charge in [-0.15, -0.1) is 0 Å². The zero-order chi connectivity index (χ0) is 19.6. The molecule has 10 heteroatoms. The molecule has 1 amide bonds. The summed E-state index contributed by atoms with van der Waals surface area (Å²) in [7, 11) is -2.34. The maximum absolute atomic E-state index is 13.4. The van der Waals surface area contributed by atoms with Crippen molar-refractivity contribution in [3.05, 3.63) is 41.3 Å². The van der Waals surface area contributed by atoms with E-state index >= 15 is 0 Å². The van der Waals surface area contributed by atoms with Crippen molar-refractivity contribution in [2.75, 3.05) is 19.9 Å². The van der Waals surface area contributed by atoms with Crippen LogP contribution in [0.25, 0.3) is 0 Å². The van der Waals surface area contributed by atoms with Gasteiger partial charge >= 0.3 is 0 Å². The van der Waals surface area contributed by atoms with Crippen LogP contribution in [0.3, 0.4) is 0 Å². The SMILES string of the molecule is CN(Cc1ccc(F)cc1S(C)(=O)=O)C(=O)c1cn(CCO)c(O)c1O. The van der Waals surface area contributed by atoms with Crippen LogP contribution in [-0.2, 0) is 22.9 Å². The standard InChI is InChI=1S/C16H19FN2O6S/c1-18(8-10-3-4-11(17)7-13(10)26(2,24)25)15(22)12-9-19(5-6-20)16(23)14(12)21/h3-4,7,9,20-21,23H,5-6,8H2,1-2H3. The van der Waals surface area contributed by atoms with Crippen LogP contribution in [0.4, 0.5) is 4.39 Å². The quantitative estimate of drug-likeness (QED) is 0.672. The van der Waals surface area contributed by atoms with Crippen molar-refractivity contribution in [1.82, 2.24) is 9.47 Å². The minimum absolute atomic E-state index is 0.0213. The number of aliphatic hydroxyl groups excluding tert-OH is 1. The van der Waals surface area contributed by atoms with Crippen molar-refractivity contribution < 1.29 is 32.9 Å². The largest absolute Gasteiger partial charge is 0.503 e. The number of rotatable bonds is 6. The molecule has 0 unspecified atom stereocenters. The Kier molecular flexibility index (Phi) is 5.57. The van der Waals surface area contributed by atoms with Gasteiger partial charge in [0.2, 0.25) is 5.88 Å². The zero-order valence-electron chi connectivity index (χ0n) is 14.2. The molecule has 0 bridgehead atoms. The Labute approximate surface area is 149 Å². The number of hydrogen-bond donors (Lipinski definition) is 3. The summed E-state index contributed by atoms with van der Waals surface area (Å²) in [5.41, 5.74) is 0.00437. The molecule has 8 nitrogen and oxygen atoms in total. The molecule has 142 valence electrons. The molecule has 3 N–H and O–H groups in total. The minimum Gasteiger partial charge on any atom is -0.503 e. The molecule has 0 saturated carbocycles. The highest BCUT2D eigenvalue weighted by Crippen LogP contribution is 2.32. The third kappa shape index (κ3) is 3.97. The van der Waals surface area contributed by atoms with Gasteiger partial charge in [0.15, 0.2) is 15.6 Å². The molecule has 0 spiro atoms. The first-order valence-electron chi connectivity index (χ1n) is 7.52. The molecular weight excluding hydrogens is 367 g/mol. The van der Waals surface area contributed by atoms with Crippen LogP contribution in [0.5, 0.6) is 11.6 Å². The highest BCUT2D eigenvalue weighted by molar-refractivity contribution is 7.90. The van der Waals surface area contributed by atoms with Gasteiger partial charge in [-0.2, -0.15) is 0 Å². The number of hydrogen-bond acceptors (Lipinski definition) is 6. The number of halogens is 1. The molecular formula is C16H19FN2O6S. The molecule has 0 aliphatic heterocycles. The van der Waals surface area contributed by atoms with Gasteiger partial charge < -0.3 is 24.8 Å². The van der Waals surface area contributed by atoms with Crippen molar-refractivity contribution in [3.63, 3.8) is 0 Å². The third-order valence-corrected chi connectivity index (χ3v) is 4.96. The van der Waals surface area contributed by atoms with Crippen LogP contribution >= 0.6 is 0 Å². The fraction of sp³-hybridized carbons (Fsp3) is 0.312. The van der Waals surface area contributed by atoms with Crippen molar-refractivity contribution in [2.45, 2.75) is 18.0 Å². The maximum Gasteiger partial charge on any atom is 0.259 e. The summed E-state index contributed by atoms with van der Waals surface area (Å²) in [6, 6.07) is 3.23. The molecule has 0 aliphatic rings. The highest BCUT2D eigenvalue weighted by Gasteiger charge is 2.24. The minimum atomic E-state index is -3.71. The monoisotopic (exact) mass is 386 g/mol. The lowest BCUT2D eigenvalue weighted by molar-refractivity contribution is 0.0780. The maximum atomic E-state index is 13.4. The van der Waals surface area contributed by atoms with E-state index in [2.05, 4.69) is 0 Å².